The zero-order valence-electron chi connectivity index (χ0n) is 9.44. The van der Waals surface area contributed by atoms with E-state index in [4.69, 9.17) is 11.5 Å². The van der Waals surface area contributed by atoms with Crippen LogP contribution >= 0.6 is 0 Å². The molecule has 1 amide bonds. The van der Waals surface area contributed by atoms with Gasteiger partial charge in [0.1, 0.15) is 0 Å². The molecule has 0 aromatic heterocycles. The van der Waals surface area contributed by atoms with Crippen LogP contribution in [0.2, 0.25) is 0 Å². The quantitative estimate of drug-likeness (QED) is 0.588. The van der Waals surface area contributed by atoms with Crippen LogP contribution in [0.25, 0.3) is 0 Å². The Morgan fingerprint density at radius 3 is 2.44 bits per heavy atom. The molecule has 0 heterocycles. The van der Waals surface area contributed by atoms with E-state index in [1.54, 1.807) is 0 Å². The highest BCUT2D eigenvalue weighted by Crippen LogP contribution is 2.07. The molecule has 0 spiro atoms. The predicted octanol–water partition coefficient (Wildman–Crippen LogP) is 1.12. The summed E-state index contributed by atoms with van der Waals surface area (Å²) in [5.41, 5.74) is 12.7. The van der Waals surface area contributed by atoms with Crippen LogP contribution in [-0.2, 0) is 11.2 Å². The molecule has 0 saturated carbocycles. The molecule has 0 aliphatic rings. The van der Waals surface area contributed by atoms with Gasteiger partial charge in [0.05, 0.1) is 0 Å². The van der Waals surface area contributed by atoms with Crippen molar-refractivity contribution in [3.63, 3.8) is 0 Å². The topological polar surface area (TPSA) is 81.5 Å². The second-order valence-electron chi connectivity index (χ2n) is 3.77. The average molecular weight is 219 g/mol. The molecule has 0 bridgehead atoms. The van der Waals surface area contributed by atoms with Gasteiger partial charge < -0.3 is 11.5 Å². The van der Waals surface area contributed by atoms with E-state index in [1.165, 1.54) is 11.1 Å². The lowest BCUT2D eigenvalue weighted by Gasteiger charge is -2.00. The minimum atomic E-state index is -0.257. The molecule has 0 fully saturated rings. The number of hydrogen-bond acceptors (Lipinski definition) is 1. The maximum atomic E-state index is 11.2. The summed E-state index contributed by atoms with van der Waals surface area (Å²) in [5, 5.41) is 0. The van der Waals surface area contributed by atoms with Crippen LogP contribution in [0.1, 0.15) is 24.0 Å². The van der Waals surface area contributed by atoms with E-state index < -0.39 is 0 Å². The zero-order valence-corrected chi connectivity index (χ0v) is 9.44. The van der Waals surface area contributed by atoms with Gasteiger partial charge in [0.15, 0.2) is 5.96 Å². The monoisotopic (exact) mass is 219 g/mol. The Morgan fingerprint density at radius 2 is 1.88 bits per heavy atom. The second-order valence-corrected chi connectivity index (χ2v) is 3.77. The molecule has 4 heteroatoms. The van der Waals surface area contributed by atoms with Crippen molar-refractivity contribution in [2.75, 3.05) is 0 Å². The molecule has 1 aromatic carbocycles. The Labute approximate surface area is 95.4 Å². The summed E-state index contributed by atoms with van der Waals surface area (Å²) in [6.45, 7) is 2.05. The third-order valence-electron chi connectivity index (χ3n) is 2.23. The summed E-state index contributed by atoms with van der Waals surface area (Å²) in [4.78, 5) is 14.6. The SMILES string of the molecule is Cc1ccc(CCCC(=O)N=C(N)N)cc1. The van der Waals surface area contributed by atoms with Crippen LogP contribution in [0.5, 0.6) is 0 Å². The smallest absolute Gasteiger partial charge is 0.248 e. The molecule has 1 aromatic rings. The lowest BCUT2D eigenvalue weighted by atomic mass is 10.1. The summed E-state index contributed by atoms with van der Waals surface area (Å²) in [6, 6.07) is 8.26. The van der Waals surface area contributed by atoms with Gasteiger partial charge >= 0.3 is 0 Å². The van der Waals surface area contributed by atoms with Crippen LogP contribution < -0.4 is 11.5 Å². The van der Waals surface area contributed by atoms with E-state index >= 15 is 0 Å². The lowest BCUT2D eigenvalue weighted by Crippen LogP contribution is -2.24. The number of aliphatic imine (C=N–C) groups is 1. The van der Waals surface area contributed by atoms with Gasteiger partial charge in [-0.1, -0.05) is 29.8 Å². The Morgan fingerprint density at radius 1 is 1.25 bits per heavy atom. The van der Waals surface area contributed by atoms with Gasteiger partial charge in [0, 0.05) is 6.42 Å². The Bertz CT molecular complexity index is 378. The van der Waals surface area contributed by atoms with Gasteiger partial charge in [-0.3, -0.25) is 4.79 Å². The van der Waals surface area contributed by atoms with Crippen molar-refractivity contribution in [3.8, 4) is 0 Å². The molecule has 16 heavy (non-hydrogen) atoms. The van der Waals surface area contributed by atoms with Crippen molar-refractivity contribution in [2.24, 2.45) is 16.5 Å². The van der Waals surface area contributed by atoms with Crippen molar-refractivity contribution < 1.29 is 4.79 Å². The summed E-state index contributed by atoms with van der Waals surface area (Å²) < 4.78 is 0. The highest BCUT2D eigenvalue weighted by molar-refractivity contribution is 5.91. The highest BCUT2D eigenvalue weighted by atomic mass is 16.1. The zero-order chi connectivity index (χ0) is 12.0. The molecule has 0 atom stereocenters. The van der Waals surface area contributed by atoms with Crippen molar-refractivity contribution >= 4 is 11.9 Å². The van der Waals surface area contributed by atoms with Crippen LogP contribution in [0.3, 0.4) is 0 Å². The standard InChI is InChI=1S/C12H17N3O/c1-9-5-7-10(8-6-9)3-2-4-11(16)15-12(13)14/h5-8H,2-4H2,1H3,(H4,13,14,15,16). The van der Waals surface area contributed by atoms with Crippen LogP contribution in [0.15, 0.2) is 29.3 Å². The van der Waals surface area contributed by atoms with Gasteiger partial charge in [0.2, 0.25) is 5.91 Å². The Balaban J connectivity index is 2.33. The largest absolute Gasteiger partial charge is 0.370 e. The first-order chi connectivity index (χ1) is 7.58. The molecular weight excluding hydrogens is 202 g/mol. The van der Waals surface area contributed by atoms with Crippen molar-refractivity contribution in [1.29, 1.82) is 0 Å². The maximum Gasteiger partial charge on any atom is 0.248 e. The van der Waals surface area contributed by atoms with Gasteiger partial charge in [-0.05, 0) is 25.3 Å². The minimum absolute atomic E-state index is 0.166. The van der Waals surface area contributed by atoms with Crippen LogP contribution in [-0.4, -0.2) is 11.9 Å². The molecule has 0 aliphatic heterocycles. The summed E-state index contributed by atoms with van der Waals surface area (Å²) >= 11 is 0. The molecule has 0 saturated heterocycles. The highest BCUT2D eigenvalue weighted by Gasteiger charge is 2.00. The van der Waals surface area contributed by atoms with E-state index in [2.05, 4.69) is 29.3 Å². The van der Waals surface area contributed by atoms with Gasteiger partial charge in [-0.2, -0.15) is 4.99 Å². The predicted molar refractivity (Wildman–Crippen MR) is 64.9 cm³/mol. The van der Waals surface area contributed by atoms with E-state index in [1.807, 2.05) is 6.92 Å². The number of amides is 1. The molecule has 0 aliphatic carbocycles. The number of carbonyl (C=O) groups excluding carboxylic acids is 1. The molecule has 4 nitrogen and oxygen atoms in total. The van der Waals surface area contributed by atoms with E-state index in [0.29, 0.717) is 6.42 Å². The fourth-order valence-electron chi connectivity index (χ4n) is 1.40. The van der Waals surface area contributed by atoms with Crippen molar-refractivity contribution in [2.45, 2.75) is 26.2 Å². The first-order valence-corrected chi connectivity index (χ1v) is 5.26. The van der Waals surface area contributed by atoms with Crippen molar-refractivity contribution in [1.82, 2.24) is 0 Å². The first kappa shape index (κ1) is 12.2. The first-order valence-electron chi connectivity index (χ1n) is 5.26. The Kier molecular flexibility index (Phi) is 4.51. The van der Waals surface area contributed by atoms with Crippen LogP contribution in [0, 0.1) is 6.92 Å². The third kappa shape index (κ3) is 4.59. The Hall–Kier alpha value is -1.84. The molecule has 0 unspecified atom stereocenters. The van der Waals surface area contributed by atoms with Gasteiger partial charge in [-0.15, -0.1) is 0 Å². The number of carbonyl (C=O) groups is 1. The average Bonchev–Trinajstić information content (AvgIpc) is 2.20. The molecule has 1 rings (SSSR count). The summed E-state index contributed by atoms with van der Waals surface area (Å²) in [6.07, 6.45) is 2.01. The second kappa shape index (κ2) is 5.90. The number of rotatable bonds is 4. The number of nitrogens with zero attached hydrogens (tertiary/aromatic N) is 1. The number of hydrogen-bond donors (Lipinski definition) is 2. The van der Waals surface area contributed by atoms with Crippen molar-refractivity contribution in [3.05, 3.63) is 35.4 Å². The fraction of sp³-hybridized carbons (Fsp3) is 0.333. The minimum Gasteiger partial charge on any atom is -0.370 e. The molecule has 4 N–H and O–H groups in total. The third-order valence-corrected chi connectivity index (χ3v) is 2.23. The van der Waals surface area contributed by atoms with E-state index in [9.17, 15) is 4.79 Å². The molecule has 86 valence electrons. The number of aryl methyl sites for hydroxylation is 2. The summed E-state index contributed by atoms with van der Waals surface area (Å²) in [7, 11) is 0. The molecular formula is C12H17N3O. The van der Waals surface area contributed by atoms with Crippen LogP contribution in [0.4, 0.5) is 0 Å². The fourth-order valence-corrected chi connectivity index (χ4v) is 1.40. The lowest BCUT2D eigenvalue weighted by molar-refractivity contribution is -0.117. The number of nitrogens with two attached hydrogens (primary N) is 2. The van der Waals surface area contributed by atoms with E-state index in [-0.39, 0.29) is 11.9 Å². The van der Waals surface area contributed by atoms with Gasteiger partial charge in [-0.25, -0.2) is 0 Å². The normalized spacial score (nSPS) is 9.81. The number of benzene rings is 1. The maximum absolute atomic E-state index is 11.2. The summed E-state index contributed by atoms with van der Waals surface area (Å²) in [5.74, 6) is -0.424. The van der Waals surface area contributed by atoms with Gasteiger partial charge in [0.25, 0.3) is 0 Å². The van der Waals surface area contributed by atoms with E-state index in [0.717, 1.165) is 12.8 Å². The molecule has 0 radical (unpaired) electrons. The number of guanidine groups is 1.